The van der Waals surface area contributed by atoms with Crippen LogP contribution in [-0.2, 0) is 4.79 Å². The van der Waals surface area contributed by atoms with Crippen LogP contribution in [-0.4, -0.2) is 26.6 Å². The van der Waals surface area contributed by atoms with E-state index in [-0.39, 0.29) is 11.7 Å². The van der Waals surface area contributed by atoms with E-state index in [1.807, 2.05) is 24.3 Å². The molecule has 122 valence electrons. The van der Waals surface area contributed by atoms with Crippen LogP contribution in [0.4, 0.5) is 4.39 Å². The van der Waals surface area contributed by atoms with Gasteiger partial charge < -0.3 is 0 Å². The van der Waals surface area contributed by atoms with Crippen molar-refractivity contribution >= 4 is 22.7 Å². The predicted octanol–water partition coefficient (Wildman–Crippen LogP) is 2.67. The molecular formula is C17H16FN5O. The molecule has 0 aliphatic carbocycles. The molecule has 0 aliphatic rings. The highest BCUT2D eigenvalue weighted by Crippen LogP contribution is 2.15. The molecular weight excluding hydrogens is 309 g/mol. The maximum Gasteiger partial charge on any atom is 0.264 e. The number of nitrogens with zero attached hydrogens (tertiary/aromatic N) is 4. The maximum atomic E-state index is 12.9. The number of carbonyl (C=O) groups is 1. The van der Waals surface area contributed by atoms with Crippen LogP contribution in [0.25, 0.3) is 11.0 Å². The second-order valence-electron chi connectivity index (χ2n) is 5.38. The first-order chi connectivity index (χ1) is 11.6. The molecule has 1 N–H and O–H groups in total. The van der Waals surface area contributed by atoms with Crippen molar-refractivity contribution in [2.24, 2.45) is 5.10 Å². The van der Waals surface area contributed by atoms with E-state index in [0.29, 0.717) is 5.71 Å². The molecule has 3 aromatic rings. The van der Waals surface area contributed by atoms with E-state index in [2.05, 4.69) is 20.8 Å². The molecule has 0 aliphatic heterocycles. The third-order valence-electron chi connectivity index (χ3n) is 3.72. The normalized spacial score (nSPS) is 13.0. The standard InChI is InChI=1S/C17H16FN5O/c1-11(13-7-9-14(18)10-8-13)19-21-17(24)12(2)23-16-6-4-3-5-15(16)20-22-23/h3-10,12H,1-2H3,(H,21,24). The minimum absolute atomic E-state index is 0.313. The number of nitrogens with one attached hydrogen (secondary N) is 1. The summed E-state index contributed by atoms with van der Waals surface area (Å²) in [6, 6.07) is 12.8. The van der Waals surface area contributed by atoms with Gasteiger partial charge in [0.2, 0.25) is 0 Å². The summed E-state index contributed by atoms with van der Waals surface area (Å²) >= 11 is 0. The van der Waals surface area contributed by atoms with Crippen LogP contribution >= 0.6 is 0 Å². The van der Waals surface area contributed by atoms with Crippen LogP contribution in [0.15, 0.2) is 53.6 Å². The zero-order valence-electron chi connectivity index (χ0n) is 13.3. The van der Waals surface area contributed by atoms with Crippen molar-refractivity contribution in [3.63, 3.8) is 0 Å². The first-order valence-electron chi connectivity index (χ1n) is 7.46. The second-order valence-corrected chi connectivity index (χ2v) is 5.38. The lowest BCUT2D eigenvalue weighted by atomic mass is 10.1. The predicted molar refractivity (Wildman–Crippen MR) is 89.0 cm³/mol. The monoisotopic (exact) mass is 325 g/mol. The van der Waals surface area contributed by atoms with E-state index in [1.165, 1.54) is 12.1 Å². The Morgan fingerprint density at radius 2 is 1.92 bits per heavy atom. The summed E-state index contributed by atoms with van der Waals surface area (Å²) in [5.41, 5.74) is 5.33. The Morgan fingerprint density at radius 3 is 2.67 bits per heavy atom. The van der Waals surface area contributed by atoms with Crippen LogP contribution in [0.1, 0.15) is 25.5 Å². The minimum atomic E-state index is -0.567. The van der Waals surface area contributed by atoms with Crippen LogP contribution in [0.3, 0.4) is 0 Å². The van der Waals surface area contributed by atoms with Crippen LogP contribution in [0.5, 0.6) is 0 Å². The number of aromatic nitrogens is 3. The molecule has 1 unspecified atom stereocenters. The lowest BCUT2D eigenvalue weighted by molar-refractivity contribution is -0.124. The van der Waals surface area contributed by atoms with Gasteiger partial charge in [0, 0.05) is 0 Å². The molecule has 1 heterocycles. The Bertz CT molecular complexity index is 901. The summed E-state index contributed by atoms with van der Waals surface area (Å²) in [7, 11) is 0. The molecule has 2 aromatic carbocycles. The molecule has 0 saturated heterocycles. The van der Waals surface area contributed by atoms with E-state index in [1.54, 1.807) is 30.7 Å². The fourth-order valence-corrected chi connectivity index (χ4v) is 2.27. The Morgan fingerprint density at radius 1 is 1.21 bits per heavy atom. The quantitative estimate of drug-likeness (QED) is 0.592. The largest absolute Gasteiger partial charge is 0.271 e. The first kappa shape index (κ1) is 15.8. The van der Waals surface area contributed by atoms with Gasteiger partial charge in [-0.05, 0) is 43.7 Å². The molecule has 7 heteroatoms. The topological polar surface area (TPSA) is 72.2 Å². The average molecular weight is 325 g/mol. The molecule has 1 aromatic heterocycles. The van der Waals surface area contributed by atoms with E-state index >= 15 is 0 Å². The van der Waals surface area contributed by atoms with Gasteiger partial charge in [0.1, 0.15) is 17.4 Å². The summed E-state index contributed by atoms with van der Waals surface area (Å²) < 4.78 is 14.5. The number of hydrogen-bond donors (Lipinski definition) is 1. The van der Waals surface area contributed by atoms with Gasteiger partial charge in [0.15, 0.2) is 0 Å². The van der Waals surface area contributed by atoms with E-state index in [0.717, 1.165) is 16.6 Å². The smallest absolute Gasteiger partial charge is 0.264 e. The SMILES string of the molecule is CC(=NNC(=O)C(C)n1nnc2ccccc21)c1ccc(F)cc1. The zero-order chi connectivity index (χ0) is 17.1. The Kier molecular flexibility index (Phi) is 4.33. The summed E-state index contributed by atoms with van der Waals surface area (Å²) in [6.45, 7) is 3.46. The van der Waals surface area contributed by atoms with Crippen LogP contribution in [0.2, 0.25) is 0 Å². The van der Waals surface area contributed by atoms with Gasteiger partial charge in [-0.3, -0.25) is 4.79 Å². The number of amides is 1. The summed E-state index contributed by atoms with van der Waals surface area (Å²) in [5, 5.41) is 12.1. The van der Waals surface area contributed by atoms with Crippen molar-refractivity contribution in [2.75, 3.05) is 0 Å². The number of fused-ring (bicyclic) bond motifs is 1. The average Bonchev–Trinajstić information content (AvgIpc) is 3.03. The van der Waals surface area contributed by atoms with Crippen molar-refractivity contribution in [3.05, 3.63) is 59.9 Å². The number of halogens is 1. The van der Waals surface area contributed by atoms with Crippen molar-refractivity contribution in [2.45, 2.75) is 19.9 Å². The Hall–Kier alpha value is -3.09. The van der Waals surface area contributed by atoms with Gasteiger partial charge in [-0.25, -0.2) is 14.5 Å². The summed E-state index contributed by atoms with van der Waals surface area (Å²) in [4.78, 5) is 12.3. The number of carbonyl (C=O) groups excluding carboxylic acids is 1. The molecule has 0 saturated carbocycles. The molecule has 0 spiro atoms. The molecule has 1 amide bonds. The number of hydrazone groups is 1. The van der Waals surface area contributed by atoms with Gasteiger partial charge >= 0.3 is 0 Å². The fourth-order valence-electron chi connectivity index (χ4n) is 2.27. The maximum absolute atomic E-state index is 12.9. The van der Waals surface area contributed by atoms with Crippen LogP contribution < -0.4 is 5.43 Å². The Labute approximate surface area is 138 Å². The fraction of sp³-hybridized carbons (Fsp3) is 0.176. The van der Waals surface area contributed by atoms with E-state index in [4.69, 9.17) is 0 Å². The highest BCUT2D eigenvalue weighted by atomic mass is 19.1. The third-order valence-corrected chi connectivity index (χ3v) is 3.72. The van der Waals surface area contributed by atoms with E-state index in [9.17, 15) is 9.18 Å². The van der Waals surface area contributed by atoms with E-state index < -0.39 is 6.04 Å². The molecule has 24 heavy (non-hydrogen) atoms. The van der Waals surface area contributed by atoms with Crippen molar-refractivity contribution < 1.29 is 9.18 Å². The first-order valence-corrected chi connectivity index (χ1v) is 7.46. The molecule has 1 atom stereocenters. The number of para-hydroxylation sites is 1. The molecule has 0 bridgehead atoms. The third kappa shape index (κ3) is 3.15. The molecule has 0 fully saturated rings. The van der Waals surface area contributed by atoms with Crippen molar-refractivity contribution in [1.82, 2.24) is 20.4 Å². The highest BCUT2D eigenvalue weighted by Gasteiger charge is 2.18. The van der Waals surface area contributed by atoms with Gasteiger partial charge in [-0.15, -0.1) is 5.10 Å². The minimum Gasteiger partial charge on any atom is -0.271 e. The summed E-state index contributed by atoms with van der Waals surface area (Å²) in [5.74, 6) is -0.630. The molecule has 3 rings (SSSR count). The van der Waals surface area contributed by atoms with Crippen LogP contribution in [0, 0.1) is 5.82 Å². The highest BCUT2D eigenvalue weighted by molar-refractivity contribution is 5.99. The Balaban J connectivity index is 1.74. The van der Waals surface area contributed by atoms with Crippen molar-refractivity contribution in [3.8, 4) is 0 Å². The van der Waals surface area contributed by atoms with Gasteiger partial charge in [-0.1, -0.05) is 29.5 Å². The zero-order valence-corrected chi connectivity index (χ0v) is 13.3. The van der Waals surface area contributed by atoms with Gasteiger partial charge in [-0.2, -0.15) is 5.10 Å². The lowest BCUT2D eigenvalue weighted by Crippen LogP contribution is -2.28. The number of benzene rings is 2. The molecule has 0 radical (unpaired) electrons. The van der Waals surface area contributed by atoms with Gasteiger partial charge in [0.25, 0.3) is 5.91 Å². The number of rotatable bonds is 4. The number of hydrogen-bond acceptors (Lipinski definition) is 4. The summed E-state index contributed by atoms with van der Waals surface area (Å²) in [6.07, 6.45) is 0. The second kappa shape index (κ2) is 6.57. The van der Waals surface area contributed by atoms with Crippen molar-refractivity contribution in [1.29, 1.82) is 0 Å². The van der Waals surface area contributed by atoms with Gasteiger partial charge in [0.05, 0.1) is 11.2 Å². The lowest BCUT2D eigenvalue weighted by Gasteiger charge is -2.11. The molecule has 6 nitrogen and oxygen atoms in total.